The van der Waals surface area contributed by atoms with Crippen molar-refractivity contribution in [2.75, 3.05) is 31.2 Å². The van der Waals surface area contributed by atoms with Crippen LogP contribution >= 0.6 is 11.8 Å². The summed E-state index contributed by atoms with van der Waals surface area (Å²) < 4.78 is 1.13. The van der Waals surface area contributed by atoms with E-state index >= 15 is 0 Å². The Morgan fingerprint density at radius 2 is 1.63 bits per heavy atom. The molecule has 3 nitrogen and oxygen atoms in total. The number of carbonyl (C=O) groups excluding carboxylic acids is 1. The Balaban J connectivity index is 1.30. The predicted octanol–water partition coefficient (Wildman–Crippen LogP) is 7.31. The van der Waals surface area contributed by atoms with E-state index in [1.165, 1.54) is 59.5 Å². The molecule has 4 heteroatoms. The molecule has 0 aliphatic carbocycles. The van der Waals surface area contributed by atoms with Gasteiger partial charge in [0.05, 0.1) is 20.1 Å². The lowest BCUT2D eigenvalue weighted by Crippen LogP contribution is -2.46. The van der Waals surface area contributed by atoms with E-state index in [0.29, 0.717) is 0 Å². The highest BCUT2D eigenvalue weighted by Crippen LogP contribution is 2.34. The van der Waals surface area contributed by atoms with Crippen LogP contribution < -0.4 is 5.32 Å². The monoisotopic (exact) mass is 483 g/mol. The summed E-state index contributed by atoms with van der Waals surface area (Å²) in [6.07, 6.45) is 6.86. The fraction of sp³-hybridized carbons (Fsp3) is 0.323. The molecule has 3 aromatic carbocycles. The minimum absolute atomic E-state index is 0.00182. The SMILES string of the molecule is Cc1ccc(-c2ccc3c(c2)C=C(C(=O)Nc2ccc(C[N+]4(C)CCCCC4)cc2)CCS3)cc1. The number of thioether (sulfide) groups is 1. The lowest BCUT2D eigenvalue weighted by atomic mass is 10.0. The molecule has 0 saturated carbocycles. The van der Waals surface area contributed by atoms with E-state index in [-0.39, 0.29) is 5.91 Å². The quantitative estimate of drug-likeness (QED) is 0.386. The van der Waals surface area contributed by atoms with Crippen molar-refractivity contribution in [1.29, 1.82) is 0 Å². The smallest absolute Gasteiger partial charge is 0.251 e. The lowest BCUT2D eigenvalue weighted by molar-refractivity contribution is -0.926. The van der Waals surface area contributed by atoms with Gasteiger partial charge < -0.3 is 9.80 Å². The molecule has 5 rings (SSSR count). The minimum atomic E-state index is 0.00182. The third kappa shape index (κ3) is 5.88. The number of piperidine rings is 1. The maximum absolute atomic E-state index is 13.2. The second-order valence-electron chi connectivity index (χ2n) is 10.3. The first-order valence-corrected chi connectivity index (χ1v) is 13.7. The molecule has 0 bridgehead atoms. The van der Waals surface area contributed by atoms with E-state index in [1.54, 1.807) is 0 Å². The molecule has 0 spiro atoms. The maximum Gasteiger partial charge on any atom is 0.251 e. The summed E-state index contributed by atoms with van der Waals surface area (Å²) in [5.41, 5.74) is 7.82. The number of nitrogens with one attached hydrogen (secondary N) is 1. The highest BCUT2D eigenvalue weighted by molar-refractivity contribution is 7.99. The standard InChI is InChI=1S/C31H34N2OS/c1-23-6-10-25(11-7-23)26-12-15-30-28(20-26)21-27(16-19-35-30)31(34)32-29-13-8-24(9-14-29)22-33(2)17-4-3-5-18-33/h6-15,20-21H,3-5,16-19,22H2,1-2H3/p+1. The van der Waals surface area contributed by atoms with Gasteiger partial charge in [-0.05, 0) is 79.6 Å². The lowest BCUT2D eigenvalue weighted by Gasteiger charge is -2.37. The summed E-state index contributed by atoms with van der Waals surface area (Å²) in [7, 11) is 2.37. The van der Waals surface area contributed by atoms with Crippen LogP contribution in [0, 0.1) is 6.92 Å². The van der Waals surface area contributed by atoms with Gasteiger partial charge in [-0.15, -0.1) is 11.8 Å². The Kier molecular flexibility index (Phi) is 7.12. The average molecular weight is 484 g/mol. The first-order valence-electron chi connectivity index (χ1n) is 12.8. The highest BCUT2D eigenvalue weighted by atomic mass is 32.2. The molecule has 0 aromatic heterocycles. The molecule has 2 aliphatic rings. The summed E-state index contributed by atoms with van der Waals surface area (Å²) in [6, 6.07) is 23.7. The number of nitrogens with zero attached hydrogens (tertiary/aromatic N) is 1. The van der Waals surface area contributed by atoms with Crippen LogP contribution in [0.25, 0.3) is 17.2 Å². The molecule has 1 N–H and O–H groups in total. The van der Waals surface area contributed by atoms with Crippen molar-refractivity contribution in [3.8, 4) is 11.1 Å². The number of likely N-dealkylation sites (tertiary alicyclic amines) is 1. The summed E-state index contributed by atoms with van der Waals surface area (Å²) in [6.45, 7) is 5.70. The van der Waals surface area contributed by atoms with Gasteiger partial charge in [0, 0.05) is 27.5 Å². The van der Waals surface area contributed by atoms with Crippen molar-refractivity contribution < 1.29 is 9.28 Å². The molecule has 2 aliphatic heterocycles. The molecule has 0 atom stereocenters. The average Bonchev–Trinajstić information content (AvgIpc) is 3.08. The number of hydrogen-bond acceptors (Lipinski definition) is 2. The van der Waals surface area contributed by atoms with Gasteiger partial charge in [-0.1, -0.05) is 48.0 Å². The number of fused-ring (bicyclic) bond motifs is 1. The van der Waals surface area contributed by atoms with Gasteiger partial charge >= 0.3 is 0 Å². The molecule has 0 radical (unpaired) electrons. The molecule has 35 heavy (non-hydrogen) atoms. The fourth-order valence-corrected chi connectivity index (χ4v) is 6.20. The minimum Gasteiger partial charge on any atom is -0.322 e. The zero-order valence-corrected chi connectivity index (χ0v) is 21.7. The Labute approximate surface area is 213 Å². The summed E-state index contributed by atoms with van der Waals surface area (Å²) in [5, 5.41) is 3.14. The van der Waals surface area contributed by atoms with Crippen LogP contribution in [-0.2, 0) is 11.3 Å². The van der Waals surface area contributed by atoms with Crippen molar-refractivity contribution in [2.24, 2.45) is 0 Å². The summed E-state index contributed by atoms with van der Waals surface area (Å²) in [5.74, 6) is 0.910. The van der Waals surface area contributed by atoms with E-state index in [1.807, 2.05) is 11.8 Å². The molecular formula is C31H35N2OS+. The highest BCUT2D eigenvalue weighted by Gasteiger charge is 2.25. The molecule has 1 fully saturated rings. The summed E-state index contributed by atoms with van der Waals surface area (Å²) in [4.78, 5) is 14.4. The zero-order chi connectivity index (χ0) is 24.3. The second-order valence-corrected chi connectivity index (χ2v) is 11.5. The molecule has 2 heterocycles. The largest absolute Gasteiger partial charge is 0.322 e. The number of aryl methyl sites for hydroxylation is 1. The summed E-state index contributed by atoms with van der Waals surface area (Å²) >= 11 is 1.83. The van der Waals surface area contributed by atoms with E-state index in [2.05, 4.69) is 92.1 Å². The van der Waals surface area contributed by atoms with Crippen LogP contribution in [0.5, 0.6) is 0 Å². The molecule has 1 amide bonds. The van der Waals surface area contributed by atoms with Crippen LogP contribution in [-0.4, -0.2) is 36.3 Å². The number of amides is 1. The van der Waals surface area contributed by atoms with Gasteiger partial charge in [-0.2, -0.15) is 0 Å². The fourth-order valence-electron chi connectivity index (χ4n) is 5.21. The third-order valence-corrected chi connectivity index (χ3v) is 8.41. The van der Waals surface area contributed by atoms with Gasteiger partial charge in [0.2, 0.25) is 0 Å². The van der Waals surface area contributed by atoms with Crippen LogP contribution in [0.2, 0.25) is 0 Å². The van der Waals surface area contributed by atoms with E-state index in [0.717, 1.165) is 40.0 Å². The number of quaternary nitrogens is 1. The van der Waals surface area contributed by atoms with Gasteiger partial charge in [0.1, 0.15) is 6.54 Å². The van der Waals surface area contributed by atoms with E-state index in [4.69, 9.17) is 0 Å². The van der Waals surface area contributed by atoms with Gasteiger partial charge in [-0.3, -0.25) is 4.79 Å². The van der Waals surface area contributed by atoms with Crippen LogP contribution in [0.15, 0.2) is 77.2 Å². The first-order chi connectivity index (χ1) is 17.0. The third-order valence-electron chi connectivity index (χ3n) is 7.32. The van der Waals surface area contributed by atoms with Crippen LogP contribution in [0.4, 0.5) is 5.69 Å². The Bertz CT molecular complexity index is 1220. The number of rotatable bonds is 5. The molecular weight excluding hydrogens is 448 g/mol. The number of hydrogen-bond donors (Lipinski definition) is 1. The van der Waals surface area contributed by atoms with Gasteiger partial charge in [0.25, 0.3) is 5.91 Å². The zero-order valence-electron chi connectivity index (χ0n) is 20.8. The van der Waals surface area contributed by atoms with Crippen molar-refractivity contribution in [2.45, 2.75) is 44.0 Å². The maximum atomic E-state index is 13.2. The first kappa shape index (κ1) is 23.9. The molecule has 0 unspecified atom stereocenters. The predicted molar refractivity (Wildman–Crippen MR) is 148 cm³/mol. The second kappa shape index (κ2) is 10.4. The van der Waals surface area contributed by atoms with Crippen molar-refractivity contribution in [3.63, 3.8) is 0 Å². The number of benzene rings is 3. The van der Waals surface area contributed by atoms with Crippen molar-refractivity contribution in [1.82, 2.24) is 0 Å². The van der Waals surface area contributed by atoms with E-state index in [9.17, 15) is 4.79 Å². The normalized spacial score (nSPS) is 17.1. The van der Waals surface area contributed by atoms with Crippen LogP contribution in [0.1, 0.15) is 42.4 Å². The topological polar surface area (TPSA) is 29.1 Å². The number of carbonyl (C=O) groups is 1. The van der Waals surface area contributed by atoms with Gasteiger partial charge in [-0.25, -0.2) is 0 Å². The molecule has 1 saturated heterocycles. The molecule has 180 valence electrons. The number of anilines is 1. The van der Waals surface area contributed by atoms with Crippen molar-refractivity contribution in [3.05, 3.63) is 89.0 Å². The Morgan fingerprint density at radius 1 is 0.914 bits per heavy atom. The van der Waals surface area contributed by atoms with Crippen molar-refractivity contribution >= 4 is 29.4 Å². The van der Waals surface area contributed by atoms with E-state index < -0.39 is 0 Å². The van der Waals surface area contributed by atoms with Crippen LogP contribution in [0.3, 0.4) is 0 Å². The molecule has 3 aromatic rings. The van der Waals surface area contributed by atoms with Gasteiger partial charge in [0.15, 0.2) is 0 Å². The Morgan fingerprint density at radius 3 is 2.37 bits per heavy atom. The Hall–Kier alpha value is -2.82.